The SMILES string of the molecule is O=C(O)C1CCCN(C(=O)Nc2ccc3nc(C(F)F)sc3c2)C1. The Balaban J connectivity index is 1.72. The van der Waals surface area contributed by atoms with Crippen LogP contribution in [0.4, 0.5) is 19.3 Å². The van der Waals surface area contributed by atoms with Crippen LogP contribution in [0.15, 0.2) is 18.2 Å². The van der Waals surface area contributed by atoms with Crippen molar-refractivity contribution in [3.8, 4) is 0 Å². The highest BCUT2D eigenvalue weighted by molar-refractivity contribution is 7.18. The van der Waals surface area contributed by atoms with Gasteiger partial charge in [-0.2, -0.15) is 0 Å². The van der Waals surface area contributed by atoms with E-state index >= 15 is 0 Å². The number of rotatable bonds is 3. The molecule has 0 aliphatic carbocycles. The van der Waals surface area contributed by atoms with E-state index in [-0.39, 0.29) is 17.6 Å². The monoisotopic (exact) mass is 355 g/mol. The number of aliphatic carboxylic acids is 1. The second kappa shape index (κ2) is 6.68. The number of carbonyl (C=O) groups excluding carboxylic acids is 1. The van der Waals surface area contributed by atoms with Gasteiger partial charge in [-0.15, -0.1) is 11.3 Å². The molecule has 1 aliphatic heterocycles. The molecule has 0 spiro atoms. The molecule has 3 rings (SSSR count). The number of aromatic nitrogens is 1. The van der Waals surface area contributed by atoms with Gasteiger partial charge in [-0.25, -0.2) is 18.6 Å². The first-order chi connectivity index (χ1) is 11.4. The van der Waals surface area contributed by atoms with Crippen LogP contribution in [0.3, 0.4) is 0 Å². The van der Waals surface area contributed by atoms with Crippen molar-refractivity contribution >= 4 is 39.2 Å². The maximum atomic E-state index is 12.7. The number of nitrogens with one attached hydrogen (secondary N) is 1. The van der Waals surface area contributed by atoms with Gasteiger partial charge >= 0.3 is 12.0 Å². The highest BCUT2D eigenvalue weighted by Crippen LogP contribution is 2.31. The maximum Gasteiger partial charge on any atom is 0.321 e. The summed E-state index contributed by atoms with van der Waals surface area (Å²) in [6.45, 7) is 0.660. The third kappa shape index (κ3) is 3.45. The van der Waals surface area contributed by atoms with Crippen molar-refractivity contribution in [3.05, 3.63) is 23.2 Å². The normalized spacial score (nSPS) is 18.1. The van der Waals surface area contributed by atoms with E-state index in [0.717, 1.165) is 11.3 Å². The molecule has 2 heterocycles. The standard InChI is InChI=1S/C15H15F2N3O3S/c16-12(17)13-19-10-4-3-9(6-11(10)24-13)18-15(23)20-5-1-2-8(7-20)14(21)22/h3-4,6,8,12H,1-2,5,7H2,(H,18,23)(H,21,22). The van der Waals surface area contributed by atoms with E-state index in [4.69, 9.17) is 5.11 Å². The van der Waals surface area contributed by atoms with Crippen molar-refractivity contribution in [2.45, 2.75) is 19.3 Å². The lowest BCUT2D eigenvalue weighted by atomic mass is 9.99. The molecule has 1 saturated heterocycles. The Labute approximate surface area is 140 Å². The number of carbonyl (C=O) groups is 2. The second-order valence-electron chi connectivity index (χ2n) is 5.59. The third-order valence-electron chi connectivity index (χ3n) is 3.90. The number of anilines is 1. The van der Waals surface area contributed by atoms with E-state index < -0.39 is 18.3 Å². The number of urea groups is 1. The third-order valence-corrected chi connectivity index (χ3v) is 4.93. The molecule has 1 aliphatic rings. The minimum absolute atomic E-state index is 0.166. The Morgan fingerprint density at radius 1 is 1.42 bits per heavy atom. The fourth-order valence-corrected chi connectivity index (χ4v) is 3.54. The van der Waals surface area contributed by atoms with Gasteiger partial charge in [0.05, 0.1) is 16.1 Å². The van der Waals surface area contributed by atoms with Gasteiger partial charge in [-0.05, 0) is 31.0 Å². The second-order valence-corrected chi connectivity index (χ2v) is 6.65. The Morgan fingerprint density at radius 3 is 2.92 bits per heavy atom. The van der Waals surface area contributed by atoms with E-state index in [1.54, 1.807) is 18.2 Å². The summed E-state index contributed by atoms with van der Waals surface area (Å²) in [6, 6.07) is 4.37. The number of carboxylic acids is 1. The van der Waals surface area contributed by atoms with Crippen molar-refractivity contribution in [1.82, 2.24) is 9.88 Å². The summed E-state index contributed by atoms with van der Waals surface area (Å²) in [5.74, 6) is -1.46. The Morgan fingerprint density at radius 2 is 2.21 bits per heavy atom. The molecule has 6 nitrogen and oxygen atoms in total. The molecule has 1 aromatic carbocycles. The summed E-state index contributed by atoms with van der Waals surface area (Å²) in [4.78, 5) is 28.6. The van der Waals surface area contributed by atoms with Gasteiger partial charge < -0.3 is 15.3 Å². The molecule has 0 bridgehead atoms. The summed E-state index contributed by atoms with van der Waals surface area (Å²) in [5.41, 5.74) is 0.923. The first-order valence-electron chi connectivity index (χ1n) is 7.41. The predicted molar refractivity (Wildman–Crippen MR) is 85.5 cm³/mol. The largest absolute Gasteiger partial charge is 0.481 e. The molecule has 2 aromatic rings. The summed E-state index contributed by atoms with van der Waals surface area (Å²) < 4.78 is 25.9. The van der Waals surface area contributed by atoms with Gasteiger partial charge in [-0.1, -0.05) is 0 Å². The van der Waals surface area contributed by atoms with Crippen LogP contribution in [0, 0.1) is 5.92 Å². The van der Waals surface area contributed by atoms with E-state index in [9.17, 15) is 18.4 Å². The highest BCUT2D eigenvalue weighted by atomic mass is 32.1. The van der Waals surface area contributed by atoms with Gasteiger partial charge in [0, 0.05) is 18.8 Å². The van der Waals surface area contributed by atoms with Crippen LogP contribution >= 0.6 is 11.3 Å². The van der Waals surface area contributed by atoms with Gasteiger partial charge in [0.2, 0.25) is 0 Å². The molecule has 1 unspecified atom stereocenters. The number of hydrogen-bond donors (Lipinski definition) is 2. The number of carboxylic acid groups (broad SMARTS) is 1. The van der Waals surface area contributed by atoms with Crippen molar-refractivity contribution in [3.63, 3.8) is 0 Å². The number of piperidine rings is 1. The van der Waals surface area contributed by atoms with E-state index in [1.165, 1.54) is 4.90 Å². The quantitative estimate of drug-likeness (QED) is 0.882. The van der Waals surface area contributed by atoms with Crippen molar-refractivity contribution < 1.29 is 23.5 Å². The fraction of sp³-hybridized carbons (Fsp3) is 0.400. The van der Waals surface area contributed by atoms with Gasteiger partial charge in [0.25, 0.3) is 6.43 Å². The van der Waals surface area contributed by atoms with Crippen LogP contribution in [0.5, 0.6) is 0 Å². The van der Waals surface area contributed by atoms with Gasteiger partial charge in [0.15, 0.2) is 5.01 Å². The van der Waals surface area contributed by atoms with E-state index in [2.05, 4.69) is 10.3 Å². The molecule has 0 saturated carbocycles. The first kappa shape index (κ1) is 16.6. The highest BCUT2D eigenvalue weighted by Gasteiger charge is 2.28. The van der Waals surface area contributed by atoms with Crippen LogP contribution in [0.25, 0.3) is 10.2 Å². The van der Waals surface area contributed by atoms with Crippen molar-refractivity contribution in [2.75, 3.05) is 18.4 Å². The lowest BCUT2D eigenvalue weighted by molar-refractivity contribution is -0.143. The zero-order chi connectivity index (χ0) is 17.3. The minimum atomic E-state index is -2.62. The molecule has 1 atom stereocenters. The van der Waals surface area contributed by atoms with Crippen LogP contribution in [-0.2, 0) is 4.79 Å². The number of alkyl halides is 2. The number of hydrogen-bond acceptors (Lipinski definition) is 4. The number of benzene rings is 1. The number of amides is 2. The smallest absolute Gasteiger partial charge is 0.321 e. The number of halogens is 2. The number of fused-ring (bicyclic) bond motifs is 1. The predicted octanol–water partition coefficient (Wildman–Crippen LogP) is 3.56. The number of thiazole rings is 1. The molecule has 24 heavy (non-hydrogen) atoms. The Kier molecular flexibility index (Phi) is 4.61. The lowest BCUT2D eigenvalue weighted by Crippen LogP contribution is -2.44. The van der Waals surface area contributed by atoms with Crippen LogP contribution < -0.4 is 5.32 Å². The molecule has 1 fully saturated rings. The maximum absolute atomic E-state index is 12.7. The average Bonchev–Trinajstić information content (AvgIpc) is 2.98. The summed E-state index contributed by atoms with van der Waals surface area (Å²) in [7, 11) is 0. The van der Waals surface area contributed by atoms with Gasteiger partial charge in [-0.3, -0.25) is 4.79 Å². The molecule has 0 radical (unpaired) electrons. The van der Waals surface area contributed by atoms with Crippen molar-refractivity contribution in [1.29, 1.82) is 0 Å². The lowest BCUT2D eigenvalue weighted by Gasteiger charge is -2.30. The summed E-state index contributed by atoms with van der Waals surface area (Å²) >= 11 is 0.883. The number of likely N-dealkylation sites (tertiary alicyclic amines) is 1. The average molecular weight is 355 g/mol. The minimum Gasteiger partial charge on any atom is -0.481 e. The Hall–Kier alpha value is -2.29. The van der Waals surface area contributed by atoms with Crippen LogP contribution in [0.2, 0.25) is 0 Å². The summed E-state index contributed by atoms with van der Waals surface area (Å²) in [5, 5.41) is 11.5. The molecule has 1 aromatic heterocycles. The molecule has 2 amide bonds. The van der Waals surface area contributed by atoms with Crippen LogP contribution in [-0.4, -0.2) is 40.1 Å². The summed E-state index contributed by atoms with van der Waals surface area (Å²) in [6.07, 6.45) is -1.43. The zero-order valence-electron chi connectivity index (χ0n) is 12.5. The van der Waals surface area contributed by atoms with E-state index in [1.807, 2.05) is 0 Å². The topological polar surface area (TPSA) is 82.5 Å². The van der Waals surface area contributed by atoms with Crippen molar-refractivity contribution in [2.24, 2.45) is 5.92 Å². The Bertz CT molecular complexity index is 780. The number of nitrogens with zero attached hydrogens (tertiary/aromatic N) is 2. The zero-order valence-corrected chi connectivity index (χ0v) is 13.4. The molecule has 9 heteroatoms. The molecule has 2 N–H and O–H groups in total. The van der Waals surface area contributed by atoms with E-state index in [0.29, 0.717) is 35.3 Å². The molecular weight excluding hydrogens is 340 g/mol. The van der Waals surface area contributed by atoms with Crippen LogP contribution in [0.1, 0.15) is 24.3 Å². The van der Waals surface area contributed by atoms with Gasteiger partial charge in [0.1, 0.15) is 0 Å². The molecule has 128 valence electrons. The molecular formula is C15H15F2N3O3S. The fourth-order valence-electron chi connectivity index (χ4n) is 2.68. The first-order valence-corrected chi connectivity index (χ1v) is 8.23.